The van der Waals surface area contributed by atoms with Crippen molar-refractivity contribution in [3.8, 4) is 5.75 Å². The van der Waals surface area contributed by atoms with Crippen LogP contribution in [0.25, 0.3) is 0 Å². The molecule has 100 valence electrons. The molecule has 0 aromatic heterocycles. The molecule has 0 bridgehead atoms. The average Bonchev–Trinajstić information content (AvgIpc) is 2.47. The first-order chi connectivity index (χ1) is 9.69. The van der Waals surface area contributed by atoms with Crippen LogP contribution in [-0.4, -0.2) is 18.6 Å². The third kappa shape index (κ3) is 2.21. The molecule has 0 saturated heterocycles. The Bertz CT molecular complexity index is 722. The van der Waals surface area contributed by atoms with Gasteiger partial charge in [0.25, 0.3) is 0 Å². The van der Waals surface area contributed by atoms with Crippen LogP contribution in [0.15, 0.2) is 47.5 Å². The molecule has 3 nitrogen and oxygen atoms in total. The van der Waals surface area contributed by atoms with Gasteiger partial charge in [0.05, 0.1) is 24.9 Å². The zero-order valence-corrected chi connectivity index (χ0v) is 11.6. The van der Waals surface area contributed by atoms with E-state index < -0.39 is 0 Å². The number of para-hydroxylation sites is 1. The van der Waals surface area contributed by atoms with E-state index in [2.05, 4.69) is 4.99 Å². The van der Waals surface area contributed by atoms with E-state index in [1.165, 1.54) is 0 Å². The Hall–Kier alpha value is -2.13. The van der Waals surface area contributed by atoms with Crippen molar-refractivity contribution in [2.24, 2.45) is 4.99 Å². The second-order valence-corrected chi connectivity index (χ2v) is 4.96. The fourth-order valence-electron chi connectivity index (χ4n) is 2.30. The predicted octanol–water partition coefficient (Wildman–Crippen LogP) is 4.06. The normalized spacial score (nSPS) is 13.7. The lowest BCUT2D eigenvalue weighted by molar-refractivity contribution is 0.1000. The number of benzene rings is 2. The third-order valence-electron chi connectivity index (χ3n) is 3.26. The highest BCUT2D eigenvalue weighted by atomic mass is 35.5. The summed E-state index contributed by atoms with van der Waals surface area (Å²) < 4.78 is 5.33. The largest absolute Gasteiger partial charge is 0.496 e. The number of Topliss-reactive ketones (excluding diaryl/α,β-unsaturated/α-hetero) is 1. The van der Waals surface area contributed by atoms with E-state index in [0.29, 0.717) is 16.3 Å². The van der Waals surface area contributed by atoms with Crippen molar-refractivity contribution < 1.29 is 9.53 Å². The van der Waals surface area contributed by atoms with Crippen LogP contribution in [0.2, 0.25) is 5.02 Å². The van der Waals surface area contributed by atoms with Crippen molar-refractivity contribution >= 4 is 28.8 Å². The topological polar surface area (TPSA) is 38.7 Å². The number of ether oxygens (including phenoxy) is 1. The van der Waals surface area contributed by atoms with E-state index in [1.807, 2.05) is 24.3 Å². The van der Waals surface area contributed by atoms with Gasteiger partial charge in [-0.2, -0.15) is 0 Å². The SMILES string of the molecule is COc1ccccc1C1=Nc2ccc(Cl)cc2C(=O)C1. The lowest BCUT2D eigenvalue weighted by atomic mass is 9.96. The van der Waals surface area contributed by atoms with E-state index in [9.17, 15) is 4.79 Å². The van der Waals surface area contributed by atoms with Gasteiger partial charge in [-0.1, -0.05) is 23.7 Å². The Morgan fingerprint density at radius 3 is 2.75 bits per heavy atom. The summed E-state index contributed by atoms with van der Waals surface area (Å²) in [7, 11) is 1.61. The van der Waals surface area contributed by atoms with E-state index in [0.717, 1.165) is 17.0 Å². The number of carbonyl (C=O) groups excluding carboxylic acids is 1. The van der Waals surface area contributed by atoms with Gasteiger partial charge in [0.15, 0.2) is 5.78 Å². The van der Waals surface area contributed by atoms with Gasteiger partial charge in [0, 0.05) is 16.1 Å². The molecule has 2 aromatic rings. The zero-order valence-electron chi connectivity index (χ0n) is 10.9. The van der Waals surface area contributed by atoms with E-state index in [-0.39, 0.29) is 12.2 Å². The summed E-state index contributed by atoms with van der Waals surface area (Å²) in [6.45, 7) is 0. The van der Waals surface area contributed by atoms with Crippen LogP contribution in [0.3, 0.4) is 0 Å². The number of fused-ring (bicyclic) bond motifs is 1. The number of halogens is 1. The van der Waals surface area contributed by atoms with Gasteiger partial charge in [-0.25, -0.2) is 0 Å². The average molecular weight is 286 g/mol. The Morgan fingerprint density at radius 2 is 1.95 bits per heavy atom. The second kappa shape index (κ2) is 5.10. The number of nitrogens with zero attached hydrogens (tertiary/aromatic N) is 1. The minimum Gasteiger partial charge on any atom is -0.496 e. The molecule has 4 heteroatoms. The highest BCUT2D eigenvalue weighted by Crippen LogP contribution is 2.32. The highest BCUT2D eigenvalue weighted by molar-refractivity contribution is 6.31. The van der Waals surface area contributed by atoms with Crippen LogP contribution in [0.5, 0.6) is 5.75 Å². The molecule has 0 atom stereocenters. The minimum absolute atomic E-state index is 0.0263. The van der Waals surface area contributed by atoms with Gasteiger partial charge in [-0.3, -0.25) is 9.79 Å². The number of aliphatic imine (C=N–C) groups is 1. The predicted molar refractivity (Wildman–Crippen MR) is 79.6 cm³/mol. The molecule has 20 heavy (non-hydrogen) atoms. The zero-order chi connectivity index (χ0) is 14.1. The summed E-state index contributed by atoms with van der Waals surface area (Å²) in [5.74, 6) is 0.745. The molecule has 0 unspecified atom stereocenters. The molecular weight excluding hydrogens is 274 g/mol. The van der Waals surface area contributed by atoms with Crippen molar-refractivity contribution in [2.75, 3.05) is 7.11 Å². The molecule has 0 spiro atoms. The first-order valence-corrected chi connectivity index (χ1v) is 6.60. The second-order valence-electron chi connectivity index (χ2n) is 4.52. The van der Waals surface area contributed by atoms with Gasteiger partial charge in [0.2, 0.25) is 0 Å². The number of hydrogen-bond donors (Lipinski definition) is 0. The molecule has 0 amide bonds. The lowest BCUT2D eigenvalue weighted by Crippen LogP contribution is -2.15. The molecule has 1 heterocycles. The maximum Gasteiger partial charge on any atom is 0.171 e. The summed E-state index contributed by atoms with van der Waals surface area (Å²) in [6, 6.07) is 12.7. The molecule has 0 saturated carbocycles. The number of methoxy groups -OCH3 is 1. The van der Waals surface area contributed by atoms with Gasteiger partial charge < -0.3 is 4.74 Å². The third-order valence-corrected chi connectivity index (χ3v) is 3.50. The molecule has 0 fully saturated rings. The van der Waals surface area contributed by atoms with Gasteiger partial charge >= 0.3 is 0 Å². The molecule has 2 aromatic carbocycles. The lowest BCUT2D eigenvalue weighted by Gasteiger charge is -2.16. The summed E-state index contributed by atoms with van der Waals surface area (Å²) >= 11 is 5.92. The molecule has 1 aliphatic rings. The number of ketones is 1. The smallest absolute Gasteiger partial charge is 0.171 e. The van der Waals surface area contributed by atoms with Crippen LogP contribution in [0, 0.1) is 0 Å². The van der Waals surface area contributed by atoms with Crippen LogP contribution >= 0.6 is 11.6 Å². The van der Waals surface area contributed by atoms with Crippen molar-refractivity contribution in [2.45, 2.75) is 6.42 Å². The van der Waals surface area contributed by atoms with Crippen molar-refractivity contribution in [1.29, 1.82) is 0 Å². The van der Waals surface area contributed by atoms with Gasteiger partial charge in [-0.15, -0.1) is 0 Å². The van der Waals surface area contributed by atoms with Crippen molar-refractivity contribution in [3.05, 3.63) is 58.6 Å². The maximum absolute atomic E-state index is 12.2. The highest BCUT2D eigenvalue weighted by Gasteiger charge is 2.22. The van der Waals surface area contributed by atoms with Crippen molar-refractivity contribution in [1.82, 2.24) is 0 Å². The summed E-state index contributed by atoms with van der Waals surface area (Å²) in [5.41, 5.74) is 2.81. The molecule has 3 rings (SSSR count). The molecule has 0 radical (unpaired) electrons. The summed E-state index contributed by atoms with van der Waals surface area (Å²) in [6.07, 6.45) is 0.258. The van der Waals surface area contributed by atoms with E-state index >= 15 is 0 Å². The van der Waals surface area contributed by atoms with Gasteiger partial charge in [0.1, 0.15) is 5.75 Å². The fourth-order valence-corrected chi connectivity index (χ4v) is 2.47. The van der Waals surface area contributed by atoms with E-state index in [4.69, 9.17) is 16.3 Å². The maximum atomic E-state index is 12.2. The fraction of sp³-hybridized carbons (Fsp3) is 0.125. The molecule has 0 N–H and O–H groups in total. The van der Waals surface area contributed by atoms with E-state index in [1.54, 1.807) is 25.3 Å². The number of rotatable bonds is 2. The minimum atomic E-state index is 0.0263. The van der Waals surface area contributed by atoms with Crippen LogP contribution < -0.4 is 4.74 Å². The number of carbonyl (C=O) groups is 1. The molecule has 1 aliphatic heterocycles. The number of hydrogen-bond acceptors (Lipinski definition) is 3. The summed E-state index contributed by atoms with van der Waals surface area (Å²) in [4.78, 5) is 16.8. The quantitative estimate of drug-likeness (QED) is 0.835. The molecular formula is C16H12ClNO2. The Morgan fingerprint density at radius 1 is 1.15 bits per heavy atom. The summed E-state index contributed by atoms with van der Waals surface area (Å²) in [5, 5.41) is 0.549. The molecule has 0 aliphatic carbocycles. The standard InChI is InChI=1S/C16H12ClNO2/c1-20-16-5-3-2-4-11(16)14-9-15(19)12-8-10(17)6-7-13(12)18-14/h2-8H,9H2,1H3. The Kier molecular flexibility index (Phi) is 3.28. The van der Waals surface area contributed by atoms with Crippen molar-refractivity contribution in [3.63, 3.8) is 0 Å². The first kappa shape index (κ1) is 12.9. The van der Waals surface area contributed by atoms with Crippen LogP contribution in [0.1, 0.15) is 22.3 Å². The first-order valence-electron chi connectivity index (χ1n) is 6.23. The van der Waals surface area contributed by atoms with Crippen LogP contribution in [0.4, 0.5) is 5.69 Å². The Balaban J connectivity index is 2.13. The van der Waals surface area contributed by atoms with Gasteiger partial charge in [-0.05, 0) is 30.3 Å². The Labute approximate surface area is 121 Å². The van der Waals surface area contributed by atoms with Crippen LogP contribution in [-0.2, 0) is 0 Å². The monoisotopic (exact) mass is 285 g/mol.